The van der Waals surface area contributed by atoms with E-state index in [2.05, 4.69) is 10.6 Å². The molecule has 2 atom stereocenters. The second-order valence-corrected chi connectivity index (χ2v) is 10.1. The van der Waals surface area contributed by atoms with Crippen molar-refractivity contribution in [1.82, 2.24) is 10.6 Å². The van der Waals surface area contributed by atoms with E-state index >= 15 is 0 Å². The van der Waals surface area contributed by atoms with Crippen LogP contribution in [0, 0.1) is 0 Å². The Labute approximate surface area is 266 Å². The monoisotopic (exact) mass is 622 g/mol. The van der Waals surface area contributed by atoms with Crippen LogP contribution >= 0.6 is 0 Å². The molecule has 4 aromatic rings. The summed E-state index contributed by atoms with van der Waals surface area (Å²) in [5.41, 5.74) is 1.82. The zero-order valence-electron chi connectivity index (χ0n) is 25.0. The van der Waals surface area contributed by atoms with Crippen molar-refractivity contribution in [3.63, 3.8) is 0 Å². The van der Waals surface area contributed by atoms with Gasteiger partial charge in [0.15, 0.2) is 0 Å². The zero-order chi connectivity index (χ0) is 32.4. The van der Waals surface area contributed by atoms with Gasteiger partial charge in [-0.25, -0.2) is 19.2 Å². The third-order valence-corrected chi connectivity index (χ3v) is 6.41. The molecule has 0 unspecified atom stereocenters. The molecule has 0 saturated carbocycles. The van der Waals surface area contributed by atoms with Crippen molar-refractivity contribution in [2.24, 2.45) is 0 Å². The van der Waals surface area contributed by atoms with Crippen LogP contribution in [0.15, 0.2) is 133 Å². The minimum atomic E-state index is -0.807. The number of benzene rings is 4. The molecule has 4 aromatic carbocycles. The largest absolute Gasteiger partial charge is 0.460 e. The maximum Gasteiger partial charge on any atom is 0.412 e. The first-order chi connectivity index (χ1) is 22.4. The van der Waals surface area contributed by atoms with Gasteiger partial charge in [-0.15, -0.1) is 0 Å². The molecule has 0 heterocycles. The van der Waals surface area contributed by atoms with Crippen molar-refractivity contribution in [3.05, 3.63) is 145 Å². The zero-order valence-corrected chi connectivity index (χ0v) is 25.0. The molecule has 0 aliphatic rings. The number of nitrogens with one attached hydrogen (secondary N) is 2. The second kappa shape index (κ2) is 18.0. The summed E-state index contributed by atoms with van der Waals surface area (Å²) >= 11 is 0. The molecular weight excluding hydrogens is 588 g/mol. The first kappa shape index (κ1) is 33.0. The van der Waals surface area contributed by atoms with Gasteiger partial charge in [-0.3, -0.25) is 0 Å². The lowest BCUT2D eigenvalue weighted by molar-refractivity contribution is -0.141. The van der Waals surface area contributed by atoms with Gasteiger partial charge in [-0.05, 0) is 48.2 Å². The summed E-state index contributed by atoms with van der Waals surface area (Å²) in [6.45, 7) is -0.354. The number of hydrogen-bond donors (Lipinski definition) is 2. The van der Waals surface area contributed by atoms with Gasteiger partial charge < -0.3 is 29.6 Å². The van der Waals surface area contributed by atoms with E-state index < -0.39 is 36.2 Å². The highest BCUT2D eigenvalue weighted by Gasteiger charge is 2.18. The Balaban J connectivity index is 1.28. The molecule has 0 saturated heterocycles. The Kier molecular flexibility index (Phi) is 12.9. The molecular formula is C36H34N2O8. The Morgan fingerprint density at radius 1 is 0.500 bits per heavy atom. The molecule has 10 heteroatoms. The van der Waals surface area contributed by atoms with Crippen LogP contribution in [0.1, 0.15) is 11.1 Å². The maximum absolute atomic E-state index is 12.5. The molecule has 2 N–H and O–H groups in total. The average molecular weight is 623 g/mol. The van der Waals surface area contributed by atoms with Crippen LogP contribution < -0.4 is 20.1 Å². The Bertz CT molecular complexity index is 1450. The standard InChI is InChI=1S/C36H34N2O8/c39-33(43-25-29(23-27-13-5-1-6-14-27)37-35(41)45-31-17-9-3-10-18-31)21-22-34(40)44-26-30(24-28-15-7-2-8-16-28)38-36(42)46-32-19-11-4-12-20-32/h1-22,29-30H,23-26H2,(H,37,41)(H,38,42)/b22-21+/t29-,30-/m0/s1. The van der Waals surface area contributed by atoms with Crippen molar-refractivity contribution in [3.8, 4) is 11.5 Å². The number of carbonyl (C=O) groups is 4. The summed E-state index contributed by atoms with van der Waals surface area (Å²) < 4.78 is 21.2. The summed E-state index contributed by atoms with van der Waals surface area (Å²) in [7, 11) is 0. The normalized spacial score (nSPS) is 11.9. The van der Waals surface area contributed by atoms with Crippen LogP contribution in [-0.2, 0) is 31.9 Å². The van der Waals surface area contributed by atoms with E-state index in [1.807, 2.05) is 60.7 Å². The fraction of sp³-hybridized carbons (Fsp3) is 0.167. The Morgan fingerprint density at radius 3 is 1.17 bits per heavy atom. The van der Waals surface area contributed by atoms with Gasteiger partial charge in [0, 0.05) is 12.2 Å². The van der Waals surface area contributed by atoms with E-state index in [9.17, 15) is 19.2 Å². The van der Waals surface area contributed by atoms with Crippen molar-refractivity contribution in [1.29, 1.82) is 0 Å². The highest BCUT2D eigenvalue weighted by molar-refractivity contribution is 5.91. The molecule has 236 valence electrons. The maximum atomic E-state index is 12.5. The summed E-state index contributed by atoms with van der Waals surface area (Å²) in [5, 5.41) is 5.44. The smallest absolute Gasteiger partial charge is 0.412 e. The molecule has 4 rings (SSSR count). The quantitative estimate of drug-likeness (QED) is 0.141. The molecule has 0 radical (unpaired) electrons. The molecule has 0 fully saturated rings. The van der Waals surface area contributed by atoms with Crippen molar-refractivity contribution in [2.45, 2.75) is 24.9 Å². The summed E-state index contributed by atoms with van der Waals surface area (Å²) in [6, 6.07) is 34.7. The number of esters is 2. The molecule has 0 aliphatic heterocycles. The van der Waals surface area contributed by atoms with E-state index in [0.29, 0.717) is 24.3 Å². The number of ether oxygens (including phenoxy) is 4. The molecule has 10 nitrogen and oxygen atoms in total. The average Bonchev–Trinajstić information content (AvgIpc) is 3.07. The number of amides is 2. The lowest BCUT2D eigenvalue weighted by Gasteiger charge is -2.19. The molecule has 2 amide bonds. The molecule has 0 spiro atoms. The fourth-order valence-electron chi connectivity index (χ4n) is 4.28. The Hall–Kier alpha value is -5.90. The minimum Gasteiger partial charge on any atom is -0.460 e. The first-order valence-electron chi connectivity index (χ1n) is 14.6. The van der Waals surface area contributed by atoms with E-state index in [1.165, 1.54) is 0 Å². The molecule has 0 aliphatic carbocycles. The predicted molar refractivity (Wildman–Crippen MR) is 170 cm³/mol. The summed E-state index contributed by atoms with van der Waals surface area (Å²) in [6.07, 6.45) is 1.21. The van der Waals surface area contributed by atoms with E-state index in [-0.39, 0.29) is 13.2 Å². The summed E-state index contributed by atoms with van der Waals surface area (Å²) in [4.78, 5) is 49.9. The number of para-hydroxylation sites is 2. The van der Waals surface area contributed by atoms with Gasteiger partial charge in [0.1, 0.15) is 24.7 Å². The lowest BCUT2D eigenvalue weighted by Crippen LogP contribution is -2.42. The van der Waals surface area contributed by atoms with Gasteiger partial charge in [-0.2, -0.15) is 0 Å². The van der Waals surface area contributed by atoms with Gasteiger partial charge in [0.2, 0.25) is 0 Å². The molecule has 0 aromatic heterocycles. The van der Waals surface area contributed by atoms with Crippen LogP contribution in [-0.4, -0.2) is 49.4 Å². The van der Waals surface area contributed by atoms with E-state index in [0.717, 1.165) is 23.3 Å². The fourth-order valence-corrected chi connectivity index (χ4v) is 4.28. The van der Waals surface area contributed by atoms with Crippen molar-refractivity contribution >= 4 is 24.1 Å². The number of hydrogen-bond acceptors (Lipinski definition) is 8. The predicted octanol–water partition coefficient (Wildman–Crippen LogP) is 5.43. The second-order valence-electron chi connectivity index (χ2n) is 10.1. The van der Waals surface area contributed by atoms with Gasteiger partial charge in [0.25, 0.3) is 0 Å². The SMILES string of the molecule is O=C(/C=C/C(=O)OC[C@H](Cc1ccccc1)NC(=O)Oc1ccccc1)OC[C@H](Cc1ccccc1)NC(=O)Oc1ccccc1. The number of rotatable bonds is 14. The van der Waals surface area contributed by atoms with Crippen molar-refractivity contribution < 1.29 is 38.1 Å². The molecule has 46 heavy (non-hydrogen) atoms. The highest BCUT2D eigenvalue weighted by Crippen LogP contribution is 2.11. The van der Waals surface area contributed by atoms with Crippen LogP contribution in [0.2, 0.25) is 0 Å². The first-order valence-corrected chi connectivity index (χ1v) is 14.6. The van der Waals surface area contributed by atoms with E-state index in [4.69, 9.17) is 18.9 Å². The number of carbonyl (C=O) groups excluding carboxylic acids is 4. The third kappa shape index (κ3) is 12.4. The van der Waals surface area contributed by atoms with Crippen LogP contribution in [0.4, 0.5) is 9.59 Å². The van der Waals surface area contributed by atoms with Crippen LogP contribution in [0.25, 0.3) is 0 Å². The molecule has 0 bridgehead atoms. The van der Waals surface area contributed by atoms with Gasteiger partial charge in [-0.1, -0.05) is 97.1 Å². The van der Waals surface area contributed by atoms with E-state index in [1.54, 1.807) is 60.7 Å². The van der Waals surface area contributed by atoms with Gasteiger partial charge >= 0.3 is 24.1 Å². The minimum absolute atomic E-state index is 0.177. The van der Waals surface area contributed by atoms with Gasteiger partial charge in [0.05, 0.1) is 12.1 Å². The van der Waals surface area contributed by atoms with Crippen molar-refractivity contribution in [2.75, 3.05) is 13.2 Å². The van der Waals surface area contributed by atoms with Crippen LogP contribution in [0.5, 0.6) is 11.5 Å². The van der Waals surface area contributed by atoms with Crippen LogP contribution in [0.3, 0.4) is 0 Å². The third-order valence-electron chi connectivity index (χ3n) is 6.41. The lowest BCUT2D eigenvalue weighted by atomic mass is 10.1. The Morgan fingerprint density at radius 2 is 0.826 bits per heavy atom. The highest BCUT2D eigenvalue weighted by atomic mass is 16.6. The summed E-state index contributed by atoms with van der Waals surface area (Å²) in [5.74, 6) is -0.880. The topological polar surface area (TPSA) is 129 Å².